The van der Waals surface area contributed by atoms with Crippen LogP contribution in [0, 0.1) is 5.82 Å². The lowest BCUT2D eigenvalue weighted by Gasteiger charge is -2.08. The van der Waals surface area contributed by atoms with E-state index in [4.69, 9.17) is 11.6 Å². The molecule has 2 aromatic heterocycles. The SMILES string of the molecule is Cn1c(=O)c2c([nH]c(=O)n2Cc2c(F)cccc2Cl)n(C)c1=O. The van der Waals surface area contributed by atoms with Crippen molar-refractivity contribution >= 4 is 22.8 Å². The van der Waals surface area contributed by atoms with Gasteiger partial charge in [0.2, 0.25) is 0 Å². The number of nitrogens with zero attached hydrogens (tertiary/aromatic N) is 3. The van der Waals surface area contributed by atoms with Crippen molar-refractivity contribution in [3.05, 3.63) is 65.9 Å². The molecule has 0 amide bonds. The molecule has 0 atom stereocenters. The standard InChI is InChI=1S/C14H12ClFN4O3/c1-18-11-10(12(21)19(2)14(18)23)20(13(22)17-11)6-7-8(15)4-3-5-9(7)16/h3-5H,6H2,1-2H3,(H,17,22). The summed E-state index contributed by atoms with van der Waals surface area (Å²) < 4.78 is 17.1. The van der Waals surface area contributed by atoms with Gasteiger partial charge in [-0.25, -0.2) is 14.0 Å². The van der Waals surface area contributed by atoms with Crippen molar-refractivity contribution in [2.75, 3.05) is 0 Å². The lowest BCUT2D eigenvalue weighted by atomic mass is 10.2. The molecule has 1 aromatic carbocycles. The van der Waals surface area contributed by atoms with Gasteiger partial charge in [-0.2, -0.15) is 0 Å². The number of aromatic nitrogens is 4. The highest BCUT2D eigenvalue weighted by atomic mass is 35.5. The zero-order chi connectivity index (χ0) is 16.9. The smallest absolute Gasteiger partial charge is 0.291 e. The molecular weight excluding hydrogens is 327 g/mol. The van der Waals surface area contributed by atoms with Gasteiger partial charge >= 0.3 is 11.4 Å². The summed E-state index contributed by atoms with van der Waals surface area (Å²) in [5.41, 5.74) is -1.69. The normalized spacial score (nSPS) is 11.3. The van der Waals surface area contributed by atoms with Gasteiger partial charge in [0.1, 0.15) is 11.5 Å². The van der Waals surface area contributed by atoms with Crippen molar-refractivity contribution in [3.63, 3.8) is 0 Å². The van der Waals surface area contributed by atoms with Crippen LogP contribution in [0.2, 0.25) is 5.02 Å². The van der Waals surface area contributed by atoms with Crippen LogP contribution in [0.1, 0.15) is 5.56 Å². The number of hydrogen-bond donors (Lipinski definition) is 1. The quantitative estimate of drug-likeness (QED) is 0.741. The summed E-state index contributed by atoms with van der Waals surface area (Å²) in [5, 5.41) is 0.146. The third kappa shape index (κ3) is 2.22. The van der Waals surface area contributed by atoms with E-state index < -0.39 is 22.8 Å². The van der Waals surface area contributed by atoms with Crippen molar-refractivity contribution < 1.29 is 4.39 Å². The Hall–Kier alpha value is -2.61. The van der Waals surface area contributed by atoms with Gasteiger partial charge in [-0.1, -0.05) is 17.7 Å². The fraction of sp³-hybridized carbons (Fsp3) is 0.214. The Morgan fingerprint density at radius 3 is 2.52 bits per heavy atom. The van der Waals surface area contributed by atoms with Gasteiger partial charge in [0.05, 0.1) is 6.54 Å². The largest absolute Gasteiger partial charge is 0.332 e. The zero-order valence-corrected chi connectivity index (χ0v) is 13.0. The summed E-state index contributed by atoms with van der Waals surface area (Å²) in [7, 11) is 2.74. The molecule has 0 bridgehead atoms. The highest BCUT2D eigenvalue weighted by molar-refractivity contribution is 6.31. The summed E-state index contributed by atoms with van der Waals surface area (Å²) in [6.07, 6.45) is 0. The predicted octanol–water partition coefficient (Wildman–Crippen LogP) is 0.568. The molecule has 7 nitrogen and oxygen atoms in total. The van der Waals surface area contributed by atoms with E-state index >= 15 is 0 Å². The van der Waals surface area contributed by atoms with E-state index in [2.05, 4.69) is 4.98 Å². The van der Waals surface area contributed by atoms with Gasteiger partial charge in [0.15, 0.2) is 5.52 Å². The molecule has 0 aliphatic heterocycles. The molecule has 0 saturated carbocycles. The average molecular weight is 339 g/mol. The fourth-order valence-corrected chi connectivity index (χ4v) is 2.70. The first-order chi connectivity index (χ1) is 10.8. The van der Waals surface area contributed by atoms with Gasteiger partial charge in [-0.05, 0) is 12.1 Å². The number of nitrogens with one attached hydrogen (secondary N) is 1. The molecule has 0 unspecified atom stereocenters. The van der Waals surface area contributed by atoms with Gasteiger partial charge in [-0.3, -0.25) is 23.5 Å². The molecular formula is C14H12ClFN4O3. The van der Waals surface area contributed by atoms with Gasteiger partial charge in [0.25, 0.3) is 5.56 Å². The molecule has 2 heterocycles. The van der Waals surface area contributed by atoms with E-state index in [1.54, 1.807) is 0 Å². The predicted molar refractivity (Wildman–Crippen MR) is 83.6 cm³/mol. The minimum Gasteiger partial charge on any atom is -0.291 e. The molecule has 0 spiro atoms. The van der Waals surface area contributed by atoms with Crippen LogP contribution in [-0.2, 0) is 20.6 Å². The minimum atomic E-state index is -0.645. The third-order valence-corrected chi connectivity index (χ3v) is 4.11. The second kappa shape index (κ2) is 5.24. The number of H-pyrrole nitrogens is 1. The molecule has 0 saturated heterocycles. The maximum atomic E-state index is 13.9. The maximum absolute atomic E-state index is 13.9. The summed E-state index contributed by atoms with van der Waals surface area (Å²) >= 11 is 5.97. The van der Waals surface area contributed by atoms with Crippen LogP contribution in [0.4, 0.5) is 4.39 Å². The second-order valence-corrected chi connectivity index (χ2v) is 5.53. The van der Waals surface area contributed by atoms with E-state index in [0.29, 0.717) is 0 Å². The number of aromatic amines is 1. The van der Waals surface area contributed by atoms with E-state index in [1.807, 2.05) is 0 Å². The van der Waals surface area contributed by atoms with E-state index in [0.717, 1.165) is 13.7 Å². The minimum absolute atomic E-state index is 0.0149. The summed E-state index contributed by atoms with van der Waals surface area (Å²) in [6, 6.07) is 4.16. The van der Waals surface area contributed by atoms with Gasteiger partial charge in [0, 0.05) is 24.7 Å². The number of benzene rings is 1. The van der Waals surface area contributed by atoms with E-state index in [-0.39, 0.29) is 28.3 Å². The maximum Gasteiger partial charge on any atom is 0.332 e. The number of halogens is 2. The van der Waals surface area contributed by atoms with Crippen LogP contribution < -0.4 is 16.9 Å². The lowest BCUT2D eigenvalue weighted by molar-refractivity contribution is 0.598. The Kier molecular flexibility index (Phi) is 3.48. The molecule has 0 aliphatic carbocycles. The summed E-state index contributed by atoms with van der Waals surface area (Å²) in [5.74, 6) is -0.583. The average Bonchev–Trinajstić information content (AvgIpc) is 2.84. The number of rotatable bonds is 2. The molecule has 0 aliphatic rings. The van der Waals surface area contributed by atoms with Crippen molar-refractivity contribution in [1.82, 2.24) is 18.7 Å². The van der Waals surface area contributed by atoms with Crippen LogP contribution in [0.15, 0.2) is 32.6 Å². The van der Waals surface area contributed by atoms with Crippen LogP contribution in [0.5, 0.6) is 0 Å². The Morgan fingerprint density at radius 1 is 1.17 bits per heavy atom. The highest BCUT2D eigenvalue weighted by Crippen LogP contribution is 2.20. The Labute approximate surface area is 133 Å². The number of aryl methyl sites for hydroxylation is 1. The van der Waals surface area contributed by atoms with Crippen molar-refractivity contribution in [2.24, 2.45) is 14.1 Å². The molecule has 1 N–H and O–H groups in total. The first kappa shape index (κ1) is 15.3. The topological polar surface area (TPSA) is 81.8 Å². The van der Waals surface area contributed by atoms with Crippen molar-refractivity contribution in [3.8, 4) is 0 Å². The van der Waals surface area contributed by atoms with E-state index in [9.17, 15) is 18.8 Å². The van der Waals surface area contributed by atoms with Crippen LogP contribution in [-0.4, -0.2) is 18.7 Å². The van der Waals surface area contributed by atoms with Crippen LogP contribution in [0.25, 0.3) is 11.2 Å². The zero-order valence-electron chi connectivity index (χ0n) is 12.3. The molecule has 0 fully saturated rings. The molecule has 3 aromatic rings. The lowest BCUT2D eigenvalue weighted by Crippen LogP contribution is -2.37. The Morgan fingerprint density at radius 2 is 1.87 bits per heavy atom. The summed E-state index contributed by atoms with van der Waals surface area (Å²) in [6.45, 7) is -0.224. The molecule has 0 radical (unpaired) electrons. The molecule has 9 heteroatoms. The highest BCUT2D eigenvalue weighted by Gasteiger charge is 2.18. The van der Waals surface area contributed by atoms with Crippen LogP contribution in [0.3, 0.4) is 0 Å². The van der Waals surface area contributed by atoms with Crippen molar-refractivity contribution in [2.45, 2.75) is 6.54 Å². The molecule has 3 rings (SSSR count). The van der Waals surface area contributed by atoms with Gasteiger partial charge in [-0.15, -0.1) is 0 Å². The van der Waals surface area contributed by atoms with E-state index in [1.165, 1.54) is 32.3 Å². The summed E-state index contributed by atoms with van der Waals surface area (Å²) in [4.78, 5) is 38.9. The van der Waals surface area contributed by atoms with Gasteiger partial charge < -0.3 is 0 Å². The third-order valence-electron chi connectivity index (χ3n) is 3.76. The number of imidazole rings is 1. The fourth-order valence-electron chi connectivity index (χ4n) is 2.48. The molecule has 23 heavy (non-hydrogen) atoms. The molecule has 120 valence electrons. The second-order valence-electron chi connectivity index (χ2n) is 5.12. The number of fused-ring (bicyclic) bond motifs is 1. The Balaban J connectivity index is 2.36. The van der Waals surface area contributed by atoms with Crippen molar-refractivity contribution in [1.29, 1.82) is 0 Å². The monoisotopic (exact) mass is 338 g/mol. The Bertz CT molecular complexity index is 1090. The first-order valence-corrected chi connectivity index (χ1v) is 7.02. The number of hydrogen-bond acceptors (Lipinski definition) is 3. The first-order valence-electron chi connectivity index (χ1n) is 6.64. The van der Waals surface area contributed by atoms with Crippen LogP contribution >= 0.6 is 11.6 Å².